The van der Waals surface area contributed by atoms with Crippen molar-refractivity contribution in [2.75, 3.05) is 49.1 Å². The number of hydrogen-bond acceptors (Lipinski definition) is 8. The number of aliphatic hydroxyl groups excluding tert-OH is 1. The zero-order valence-electron chi connectivity index (χ0n) is 19.8. The Morgan fingerprint density at radius 1 is 1.29 bits per heavy atom. The van der Waals surface area contributed by atoms with E-state index in [1.165, 1.54) is 17.9 Å². The molecule has 2 aromatic rings. The molecule has 0 bridgehead atoms. The highest BCUT2D eigenvalue weighted by atomic mass is 19.1. The van der Waals surface area contributed by atoms with Gasteiger partial charge in [-0.1, -0.05) is 0 Å². The summed E-state index contributed by atoms with van der Waals surface area (Å²) >= 11 is 0. The van der Waals surface area contributed by atoms with E-state index in [0.29, 0.717) is 55.4 Å². The van der Waals surface area contributed by atoms with E-state index >= 15 is 4.39 Å². The minimum Gasteiger partial charge on any atom is -0.506 e. The topological polar surface area (TPSA) is 118 Å². The summed E-state index contributed by atoms with van der Waals surface area (Å²) < 4.78 is 20.3. The van der Waals surface area contributed by atoms with Gasteiger partial charge >= 0.3 is 6.09 Å². The van der Waals surface area contributed by atoms with Crippen molar-refractivity contribution in [3.8, 4) is 5.75 Å². The first-order valence-electron chi connectivity index (χ1n) is 11.5. The number of carbonyl (C=O) groups is 2. The molecule has 0 radical (unpaired) electrons. The van der Waals surface area contributed by atoms with Gasteiger partial charge in [0.2, 0.25) is 5.91 Å². The number of anilines is 2. The number of aromatic hydroxyl groups is 1. The molecule has 0 aliphatic carbocycles. The normalized spacial score (nSPS) is 18.6. The molecule has 2 amide bonds. The number of aliphatic hydroxyl groups is 1. The van der Waals surface area contributed by atoms with Gasteiger partial charge in [-0.25, -0.2) is 9.18 Å². The molecule has 10 nitrogen and oxygen atoms in total. The van der Waals surface area contributed by atoms with Crippen molar-refractivity contribution in [1.29, 1.82) is 0 Å². The molecule has 2 aliphatic rings. The van der Waals surface area contributed by atoms with E-state index in [1.807, 2.05) is 4.90 Å². The van der Waals surface area contributed by atoms with Crippen molar-refractivity contribution >= 4 is 23.4 Å². The van der Waals surface area contributed by atoms with Crippen LogP contribution in [0.4, 0.5) is 20.6 Å². The molecule has 35 heavy (non-hydrogen) atoms. The number of piperazine rings is 1. The molecule has 0 unspecified atom stereocenters. The highest BCUT2D eigenvalue weighted by Crippen LogP contribution is 2.29. The lowest BCUT2D eigenvalue weighted by molar-refractivity contribution is -0.119. The van der Waals surface area contributed by atoms with E-state index in [-0.39, 0.29) is 31.4 Å². The number of benzene rings is 1. The fourth-order valence-electron chi connectivity index (χ4n) is 4.40. The summed E-state index contributed by atoms with van der Waals surface area (Å²) in [5, 5.41) is 22.4. The second-order valence-electron chi connectivity index (χ2n) is 8.81. The second kappa shape index (κ2) is 10.4. The number of aryl methyl sites for hydroxylation is 1. The number of nitrogens with one attached hydrogen (secondary N) is 1. The first kappa shape index (κ1) is 24.7. The summed E-state index contributed by atoms with van der Waals surface area (Å²) in [5.74, 6) is -0.615. The zero-order valence-corrected chi connectivity index (χ0v) is 19.8. The SMILES string of the molecule is CC(=O)NC[C@H]1CN(c2ccc(N3CCN(Cc4cnc(C)c(O)c4CO)CC3)c(F)c2)C(=O)O1. The number of pyridine rings is 1. The van der Waals surface area contributed by atoms with Crippen LogP contribution in [0.3, 0.4) is 0 Å². The quantitative estimate of drug-likeness (QED) is 0.538. The summed E-state index contributed by atoms with van der Waals surface area (Å²) in [6.07, 6.45) is 0.620. The van der Waals surface area contributed by atoms with Crippen LogP contribution in [0, 0.1) is 12.7 Å². The van der Waals surface area contributed by atoms with Gasteiger partial charge in [-0.05, 0) is 30.7 Å². The maximum Gasteiger partial charge on any atom is 0.414 e. The minimum atomic E-state index is -0.569. The molecular weight excluding hydrogens is 457 g/mol. The molecule has 2 fully saturated rings. The van der Waals surface area contributed by atoms with E-state index in [0.717, 1.165) is 5.56 Å². The average molecular weight is 488 g/mol. The number of halogens is 1. The van der Waals surface area contributed by atoms with E-state index in [9.17, 15) is 19.8 Å². The molecule has 1 atom stereocenters. The van der Waals surface area contributed by atoms with Crippen molar-refractivity contribution < 1.29 is 28.9 Å². The van der Waals surface area contributed by atoms with Gasteiger partial charge < -0.3 is 25.2 Å². The fraction of sp³-hybridized carbons (Fsp3) is 0.458. The van der Waals surface area contributed by atoms with Gasteiger partial charge in [0.25, 0.3) is 0 Å². The lowest BCUT2D eigenvalue weighted by atomic mass is 10.1. The van der Waals surface area contributed by atoms with Crippen LogP contribution in [-0.2, 0) is 22.7 Å². The van der Waals surface area contributed by atoms with Crippen LogP contribution >= 0.6 is 0 Å². The first-order valence-corrected chi connectivity index (χ1v) is 11.5. The lowest BCUT2D eigenvalue weighted by Crippen LogP contribution is -2.46. The Morgan fingerprint density at radius 2 is 2.03 bits per heavy atom. The number of nitrogens with zero attached hydrogens (tertiary/aromatic N) is 4. The van der Waals surface area contributed by atoms with Crippen molar-refractivity contribution in [2.45, 2.75) is 33.1 Å². The molecule has 11 heteroatoms. The number of carbonyl (C=O) groups excluding carboxylic acids is 2. The van der Waals surface area contributed by atoms with Crippen LogP contribution in [-0.4, -0.2) is 77.5 Å². The molecule has 4 rings (SSSR count). The van der Waals surface area contributed by atoms with Crippen LogP contribution in [0.5, 0.6) is 5.75 Å². The predicted molar refractivity (Wildman–Crippen MR) is 127 cm³/mol. The monoisotopic (exact) mass is 487 g/mol. The Hall–Kier alpha value is -3.44. The summed E-state index contributed by atoms with van der Waals surface area (Å²) in [6.45, 7) is 6.32. The minimum absolute atomic E-state index is 0.0223. The largest absolute Gasteiger partial charge is 0.506 e. The van der Waals surface area contributed by atoms with Gasteiger partial charge in [0.1, 0.15) is 17.7 Å². The smallest absolute Gasteiger partial charge is 0.414 e. The molecule has 3 N–H and O–H groups in total. The van der Waals surface area contributed by atoms with Gasteiger partial charge in [0.05, 0.1) is 36.8 Å². The number of amides is 2. The van der Waals surface area contributed by atoms with Crippen LogP contribution < -0.4 is 15.1 Å². The summed E-state index contributed by atoms with van der Waals surface area (Å²) in [7, 11) is 0. The third-order valence-corrected chi connectivity index (χ3v) is 6.39. The van der Waals surface area contributed by atoms with Crippen molar-refractivity contribution in [2.24, 2.45) is 0 Å². The number of rotatable bonds is 7. The van der Waals surface area contributed by atoms with Crippen LogP contribution in [0.1, 0.15) is 23.7 Å². The molecule has 188 valence electrons. The van der Waals surface area contributed by atoms with Gasteiger partial charge in [0, 0.05) is 51.4 Å². The van der Waals surface area contributed by atoms with E-state index in [1.54, 1.807) is 25.3 Å². The number of hydrogen-bond donors (Lipinski definition) is 3. The first-order chi connectivity index (χ1) is 16.8. The Kier molecular flexibility index (Phi) is 7.37. The Labute approximate surface area is 202 Å². The van der Waals surface area contributed by atoms with Crippen LogP contribution in [0.2, 0.25) is 0 Å². The van der Waals surface area contributed by atoms with Gasteiger partial charge in [-0.3, -0.25) is 19.6 Å². The predicted octanol–water partition coefficient (Wildman–Crippen LogP) is 1.51. The molecule has 0 saturated carbocycles. The summed E-state index contributed by atoms with van der Waals surface area (Å²) in [5.41, 5.74) is 2.60. The molecule has 3 heterocycles. The standard InChI is InChI=1S/C24H30FN5O5/c1-15-23(33)20(14-31)17(10-26-15)12-28-5-7-29(8-6-28)22-4-3-18(9-21(22)25)30-13-19(35-24(30)34)11-27-16(2)32/h3-4,9-10,19,31,33H,5-8,11-14H2,1-2H3,(H,27,32)/t19-/m0/s1. The van der Waals surface area contributed by atoms with Gasteiger partial charge in [-0.2, -0.15) is 0 Å². The number of cyclic esters (lactones) is 1. The third kappa shape index (κ3) is 5.46. The van der Waals surface area contributed by atoms with E-state index < -0.39 is 18.0 Å². The zero-order chi connectivity index (χ0) is 25.1. The van der Waals surface area contributed by atoms with Gasteiger partial charge in [0.15, 0.2) is 0 Å². The fourth-order valence-corrected chi connectivity index (χ4v) is 4.40. The number of ether oxygens (including phenoxy) is 1. The third-order valence-electron chi connectivity index (χ3n) is 6.39. The Bertz CT molecular complexity index is 1110. The summed E-state index contributed by atoms with van der Waals surface area (Å²) in [4.78, 5) is 33.0. The maximum atomic E-state index is 15.0. The number of aromatic nitrogens is 1. The van der Waals surface area contributed by atoms with Crippen molar-refractivity contribution in [1.82, 2.24) is 15.2 Å². The average Bonchev–Trinajstić information content (AvgIpc) is 3.21. The molecule has 1 aromatic carbocycles. The van der Waals surface area contributed by atoms with Crippen LogP contribution in [0.15, 0.2) is 24.4 Å². The Morgan fingerprint density at radius 3 is 2.69 bits per heavy atom. The van der Waals surface area contributed by atoms with Gasteiger partial charge in [-0.15, -0.1) is 0 Å². The molecule has 0 spiro atoms. The second-order valence-corrected chi connectivity index (χ2v) is 8.81. The van der Waals surface area contributed by atoms with E-state index in [2.05, 4.69) is 15.2 Å². The van der Waals surface area contributed by atoms with E-state index in [4.69, 9.17) is 4.74 Å². The van der Waals surface area contributed by atoms with Crippen LogP contribution in [0.25, 0.3) is 0 Å². The lowest BCUT2D eigenvalue weighted by Gasteiger charge is -2.36. The maximum absolute atomic E-state index is 15.0. The molecular formula is C24H30FN5O5. The Balaban J connectivity index is 1.36. The molecule has 2 aliphatic heterocycles. The highest BCUT2D eigenvalue weighted by Gasteiger charge is 2.33. The highest BCUT2D eigenvalue weighted by molar-refractivity contribution is 5.90. The van der Waals surface area contributed by atoms with Crippen molar-refractivity contribution in [3.63, 3.8) is 0 Å². The van der Waals surface area contributed by atoms with Crippen molar-refractivity contribution in [3.05, 3.63) is 47.0 Å². The molecule has 2 saturated heterocycles. The summed E-state index contributed by atoms with van der Waals surface area (Å²) in [6, 6.07) is 4.69. The molecule has 1 aromatic heterocycles.